The molecule has 1 saturated heterocycles. The first-order chi connectivity index (χ1) is 12.5. The number of amides is 1. The number of rotatable bonds is 2. The largest absolute Gasteiger partial charge is 0.338 e. The second kappa shape index (κ2) is 6.83. The van der Waals surface area contributed by atoms with Crippen LogP contribution in [0.15, 0.2) is 28.4 Å². The molecular formula is C20H22N2O3S. The fourth-order valence-corrected chi connectivity index (χ4v) is 4.89. The zero-order chi connectivity index (χ0) is 18.3. The Labute approximate surface area is 156 Å². The van der Waals surface area contributed by atoms with E-state index in [1.54, 1.807) is 16.2 Å². The van der Waals surface area contributed by atoms with Crippen LogP contribution in [0.3, 0.4) is 0 Å². The Morgan fingerprint density at radius 3 is 2.88 bits per heavy atom. The molecule has 3 heterocycles. The Bertz CT molecular complexity index is 900. The van der Waals surface area contributed by atoms with Crippen molar-refractivity contribution in [2.45, 2.75) is 38.5 Å². The highest BCUT2D eigenvalue weighted by atomic mass is 32.1. The number of aromatic nitrogens is 1. The molecule has 6 heteroatoms. The van der Waals surface area contributed by atoms with Crippen LogP contribution in [0.4, 0.5) is 0 Å². The summed E-state index contributed by atoms with van der Waals surface area (Å²) < 4.78 is 0. The Hall–Kier alpha value is -2.21. The third-order valence-corrected chi connectivity index (χ3v) is 6.46. The van der Waals surface area contributed by atoms with Crippen molar-refractivity contribution in [1.29, 1.82) is 0 Å². The number of Topliss-reactive ketones (excluding diaryl/α,β-unsaturated/α-hetero) is 1. The molecule has 136 valence electrons. The number of likely N-dealkylation sites (tertiary alicyclic amines) is 1. The van der Waals surface area contributed by atoms with Crippen LogP contribution in [0.2, 0.25) is 0 Å². The van der Waals surface area contributed by atoms with Gasteiger partial charge in [0.05, 0.1) is 0 Å². The van der Waals surface area contributed by atoms with E-state index in [1.165, 1.54) is 6.07 Å². The number of ketones is 1. The maximum atomic E-state index is 12.8. The molecule has 1 fully saturated rings. The fourth-order valence-electron chi connectivity index (χ4n) is 4.06. The lowest BCUT2D eigenvalue weighted by Crippen LogP contribution is -2.41. The van der Waals surface area contributed by atoms with Gasteiger partial charge in [-0.25, -0.2) is 0 Å². The van der Waals surface area contributed by atoms with Crippen LogP contribution in [0.5, 0.6) is 0 Å². The highest BCUT2D eigenvalue weighted by Gasteiger charge is 2.31. The molecule has 26 heavy (non-hydrogen) atoms. The Morgan fingerprint density at radius 2 is 2.15 bits per heavy atom. The normalized spacial score (nSPS) is 23.0. The minimum Gasteiger partial charge on any atom is -0.338 e. The van der Waals surface area contributed by atoms with Crippen LogP contribution in [0.1, 0.15) is 63.4 Å². The van der Waals surface area contributed by atoms with E-state index in [0.29, 0.717) is 43.1 Å². The van der Waals surface area contributed by atoms with Gasteiger partial charge in [0.15, 0.2) is 5.78 Å². The summed E-state index contributed by atoms with van der Waals surface area (Å²) in [7, 11) is 0. The van der Waals surface area contributed by atoms with Crippen LogP contribution < -0.4 is 5.56 Å². The smallest absolute Gasteiger partial charge is 0.261 e. The number of nitrogens with zero attached hydrogens (tertiary/aromatic N) is 1. The van der Waals surface area contributed by atoms with Gasteiger partial charge in [0.25, 0.3) is 11.5 Å². The van der Waals surface area contributed by atoms with Gasteiger partial charge in [-0.15, -0.1) is 11.3 Å². The van der Waals surface area contributed by atoms with E-state index in [0.717, 1.165) is 17.7 Å². The molecule has 0 aromatic carbocycles. The highest BCUT2D eigenvalue weighted by Crippen LogP contribution is 2.34. The first kappa shape index (κ1) is 17.2. The zero-order valence-electron chi connectivity index (χ0n) is 14.8. The Morgan fingerprint density at radius 1 is 1.31 bits per heavy atom. The van der Waals surface area contributed by atoms with E-state index in [-0.39, 0.29) is 28.7 Å². The van der Waals surface area contributed by atoms with E-state index in [1.807, 2.05) is 17.5 Å². The number of aromatic amines is 1. The van der Waals surface area contributed by atoms with Crippen LogP contribution in [0, 0.1) is 5.92 Å². The maximum absolute atomic E-state index is 12.8. The van der Waals surface area contributed by atoms with Gasteiger partial charge in [-0.05, 0) is 42.7 Å². The van der Waals surface area contributed by atoms with Crippen LogP contribution in [0.25, 0.3) is 0 Å². The summed E-state index contributed by atoms with van der Waals surface area (Å²) >= 11 is 1.63. The minimum atomic E-state index is -0.383. The van der Waals surface area contributed by atoms with Gasteiger partial charge in [0.1, 0.15) is 5.56 Å². The number of H-pyrrole nitrogens is 1. The summed E-state index contributed by atoms with van der Waals surface area (Å²) in [4.78, 5) is 43.7. The number of hydrogen-bond acceptors (Lipinski definition) is 4. The summed E-state index contributed by atoms with van der Waals surface area (Å²) in [6.07, 6.45) is 3.12. The predicted octanol–water partition coefficient (Wildman–Crippen LogP) is 3.22. The van der Waals surface area contributed by atoms with E-state index in [9.17, 15) is 14.4 Å². The molecule has 2 aliphatic rings. The van der Waals surface area contributed by atoms with Crippen molar-refractivity contribution in [3.8, 4) is 0 Å². The summed E-state index contributed by atoms with van der Waals surface area (Å²) in [5.74, 6) is 0.295. The molecule has 1 aliphatic heterocycles. The van der Waals surface area contributed by atoms with Crippen LogP contribution >= 0.6 is 11.3 Å². The molecule has 2 aromatic heterocycles. The molecule has 0 saturated carbocycles. The van der Waals surface area contributed by atoms with Gasteiger partial charge in [-0.2, -0.15) is 0 Å². The average molecular weight is 370 g/mol. The number of nitrogens with one attached hydrogen (secondary N) is 1. The number of carbonyl (C=O) groups is 2. The van der Waals surface area contributed by atoms with Gasteiger partial charge in [-0.1, -0.05) is 13.0 Å². The minimum absolute atomic E-state index is 0.00182. The first-order valence-corrected chi connectivity index (χ1v) is 10.0. The monoisotopic (exact) mass is 370 g/mol. The molecule has 0 radical (unpaired) electrons. The van der Waals surface area contributed by atoms with Crippen molar-refractivity contribution in [3.63, 3.8) is 0 Å². The second-order valence-corrected chi connectivity index (χ2v) is 8.43. The summed E-state index contributed by atoms with van der Waals surface area (Å²) in [5, 5.41) is 2.00. The van der Waals surface area contributed by atoms with Gasteiger partial charge in [0.2, 0.25) is 0 Å². The van der Waals surface area contributed by atoms with Crippen molar-refractivity contribution in [2.24, 2.45) is 5.92 Å². The van der Waals surface area contributed by atoms with Crippen LogP contribution in [-0.4, -0.2) is 34.7 Å². The average Bonchev–Trinajstić information content (AvgIpc) is 3.15. The van der Waals surface area contributed by atoms with Crippen molar-refractivity contribution in [3.05, 3.63) is 55.6 Å². The van der Waals surface area contributed by atoms with Crippen molar-refractivity contribution in [1.82, 2.24) is 9.88 Å². The van der Waals surface area contributed by atoms with Gasteiger partial charge < -0.3 is 9.88 Å². The quantitative estimate of drug-likeness (QED) is 0.882. The molecule has 1 amide bonds. The SMILES string of the molecule is CC1CCCN(C(=O)c2cc3c([nH]c2=O)CC(c2cccs2)CC3=O)C1. The molecule has 2 aromatic rings. The van der Waals surface area contributed by atoms with E-state index in [2.05, 4.69) is 11.9 Å². The summed E-state index contributed by atoms with van der Waals surface area (Å²) in [5.41, 5.74) is 0.881. The number of pyridine rings is 1. The first-order valence-electron chi connectivity index (χ1n) is 9.15. The number of fused-ring (bicyclic) bond motifs is 1. The maximum Gasteiger partial charge on any atom is 0.261 e. The fraction of sp³-hybridized carbons (Fsp3) is 0.450. The molecule has 0 spiro atoms. The molecular weight excluding hydrogens is 348 g/mol. The lowest BCUT2D eigenvalue weighted by atomic mass is 9.84. The molecule has 5 nitrogen and oxygen atoms in total. The Balaban J connectivity index is 1.64. The molecule has 1 N–H and O–H groups in total. The number of thiophene rings is 1. The Kier molecular flexibility index (Phi) is 4.53. The van der Waals surface area contributed by atoms with E-state index >= 15 is 0 Å². The lowest BCUT2D eigenvalue weighted by molar-refractivity contribution is 0.0681. The molecule has 1 aliphatic carbocycles. The van der Waals surface area contributed by atoms with E-state index in [4.69, 9.17) is 0 Å². The third kappa shape index (κ3) is 3.14. The second-order valence-electron chi connectivity index (χ2n) is 7.45. The van der Waals surface area contributed by atoms with E-state index < -0.39 is 0 Å². The van der Waals surface area contributed by atoms with Crippen LogP contribution in [-0.2, 0) is 6.42 Å². The van der Waals surface area contributed by atoms with Gasteiger partial charge in [0, 0.05) is 41.6 Å². The molecule has 0 bridgehead atoms. The topological polar surface area (TPSA) is 70.2 Å². The third-order valence-electron chi connectivity index (χ3n) is 5.43. The summed E-state index contributed by atoms with van der Waals surface area (Å²) in [6, 6.07) is 5.54. The van der Waals surface area contributed by atoms with Crippen molar-refractivity contribution in [2.75, 3.05) is 13.1 Å². The number of carbonyl (C=O) groups excluding carboxylic acids is 2. The molecule has 2 atom stereocenters. The lowest BCUT2D eigenvalue weighted by Gasteiger charge is -2.31. The summed E-state index contributed by atoms with van der Waals surface area (Å²) in [6.45, 7) is 3.46. The molecule has 2 unspecified atom stereocenters. The van der Waals surface area contributed by atoms with Gasteiger partial charge >= 0.3 is 0 Å². The highest BCUT2D eigenvalue weighted by molar-refractivity contribution is 7.10. The number of piperidine rings is 1. The van der Waals surface area contributed by atoms with Gasteiger partial charge in [-0.3, -0.25) is 14.4 Å². The standard InChI is InChI=1S/C20H22N2O3S/c1-12-4-2-6-22(11-12)20(25)15-10-14-16(21-19(15)24)8-13(9-17(14)23)18-5-3-7-26-18/h3,5,7,10,12-13H,2,4,6,8-9,11H2,1H3,(H,21,24). The molecule has 4 rings (SSSR count). The number of hydrogen-bond donors (Lipinski definition) is 1. The van der Waals surface area contributed by atoms with Crippen molar-refractivity contribution < 1.29 is 9.59 Å². The zero-order valence-corrected chi connectivity index (χ0v) is 15.6. The van der Waals surface area contributed by atoms with Crippen molar-refractivity contribution >= 4 is 23.0 Å². The predicted molar refractivity (Wildman–Crippen MR) is 101 cm³/mol.